The van der Waals surface area contributed by atoms with Crippen LogP contribution in [0.1, 0.15) is 31.9 Å². The van der Waals surface area contributed by atoms with Gasteiger partial charge in [-0.15, -0.1) is 0 Å². The van der Waals surface area contributed by atoms with Gasteiger partial charge in [0.2, 0.25) is 0 Å². The standard InChI is InChI=1S/C14H22ClN3O/c1-4-18(9-14(2,3)19)8-11-6-5-10(13(16)17)7-12(11)15/h5-7,19H,4,8-9H2,1-3H3,(H3,16,17). The van der Waals surface area contributed by atoms with Crippen molar-refractivity contribution in [3.05, 3.63) is 34.3 Å². The maximum absolute atomic E-state index is 9.86. The predicted octanol–water partition coefficient (Wildman–Crippen LogP) is 2.22. The Labute approximate surface area is 119 Å². The summed E-state index contributed by atoms with van der Waals surface area (Å²) < 4.78 is 0. The molecule has 0 unspecified atom stereocenters. The Morgan fingerprint density at radius 3 is 2.53 bits per heavy atom. The number of nitrogens with one attached hydrogen (secondary N) is 1. The Bertz CT molecular complexity index is 454. The van der Waals surface area contributed by atoms with Crippen LogP contribution in [0.25, 0.3) is 0 Å². The molecule has 0 amide bonds. The summed E-state index contributed by atoms with van der Waals surface area (Å²) in [7, 11) is 0. The van der Waals surface area contributed by atoms with Crippen LogP contribution in [0.5, 0.6) is 0 Å². The van der Waals surface area contributed by atoms with Gasteiger partial charge in [0.25, 0.3) is 0 Å². The van der Waals surface area contributed by atoms with Gasteiger partial charge in [0.15, 0.2) is 0 Å². The van der Waals surface area contributed by atoms with Crippen LogP contribution in [0.2, 0.25) is 5.02 Å². The first-order valence-electron chi connectivity index (χ1n) is 6.30. The summed E-state index contributed by atoms with van der Waals surface area (Å²) in [5.41, 5.74) is 6.28. The Kier molecular flexibility index (Phi) is 5.35. The summed E-state index contributed by atoms with van der Waals surface area (Å²) in [6.45, 7) is 7.69. The molecule has 4 nitrogen and oxygen atoms in total. The summed E-state index contributed by atoms with van der Waals surface area (Å²) in [5, 5.41) is 17.8. The predicted molar refractivity (Wildman–Crippen MR) is 79.7 cm³/mol. The molecule has 0 aromatic heterocycles. The number of halogens is 1. The second-order valence-electron chi connectivity index (χ2n) is 5.34. The molecule has 0 spiro atoms. The van der Waals surface area contributed by atoms with Crippen molar-refractivity contribution in [3.8, 4) is 0 Å². The van der Waals surface area contributed by atoms with Crippen LogP contribution in [0.4, 0.5) is 0 Å². The lowest BCUT2D eigenvalue weighted by Gasteiger charge is -2.28. The molecule has 0 aliphatic carbocycles. The van der Waals surface area contributed by atoms with Gasteiger partial charge in [-0.05, 0) is 32.0 Å². The Morgan fingerprint density at radius 1 is 1.47 bits per heavy atom. The van der Waals surface area contributed by atoms with Crippen molar-refractivity contribution < 1.29 is 5.11 Å². The minimum Gasteiger partial charge on any atom is -0.389 e. The van der Waals surface area contributed by atoms with Crippen molar-refractivity contribution in [3.63, 3.8) is 0 Å². The first-order valence-corrected chi connectivity index (χ1v) is 6.68. The third-order valence-electron chi connectivity index (χ3n) is 2.82. The smallest absolute Gasteiger partial charge is 0.122 e. The molecule has 0 saturated heterocycles. The van der Waals surface area contributed by atoms with Gasteiger partial charge in [-0.2, -0.15) is 0 Å². The van der Waals surface area contributed by atoms with Gasteiger partial charge in [0, 0.05) is 23.7 Å². The molecule has 0 bridgehead atoms. The van der Waals surface area contributed by atoms with E-state index in [1.165, 1.54) is 0 Å². The fraction of sp³-hybridized carbons (Fsp3) is 0.500. The Balaban J connectivity index is 2.83. The van der Waals surface area contributed by atoms with E-state index in [-0.39, 0.29) is 5.84 Å². The minimum absolute atomic E-state index is 0.0114. The fourth-order valence-electron chi connectivity index (χ4n) is 1.91. The number of aliphatic hydroxyl groups is 1. The fourth-order valence-corrected chi connectivity index (χ4v) is 2.15. The molecule has 19 heavy (non-hydrogen) atoms. The van der Waals surface area contributed by atoms with Crippen molar-refractivity contribution >= 4 is 17.4 Å². The van der Waals surface area contributed by atoms with Gasteiger partial charge in [0.05, 0.1) is 5.60 Å². The second kappa shape index (κ2) is 6.37. The van der Waals surface area contributed by atoms with Gasteiger partial charge >= 0.3 is 0 Å². The number of nitrogens with zero attached hydrogens (tertiary/aromatic N) is 1. The number of hydrogen-bond donors (Lipinski definition) is 3. The molecule has 1 aromatic carbocycles. The van der Waals surface area contributed by atoms with Gasteiger partial charge in [0.1, 0.15) is 5.84 Å². The van der Waals surface area contributed by atoms with E-state index in [0.29, 0.717) is 23.7 Å². The highest BCUT2D eigenvalue weighted by atomic mass is 35.5. The Morgan fingerprint density at radius 2 is 2.11 bits per heavy atom. The van der Waals surface area contributed by atoms with Crippen LogP contribution >= 0.6 is 11.6 Å². The maximum atomic E-state index is 9.86. The molecule has 0 atom stereocenters. The minimum atomic E-state index is -0.734. The number of likely N-dealkylation sites (N-methyl/N-ethyl adjacent to an activating group) is 1. The topological polar surface area (TPSA) is 73.3 Å². The highest BCUT2D eigenvalue weighted by Crippen LogP contribution is 2.20. The summed E-state index contributed by atoms with van der Waals surface area (Å²) in [5.74, 6) is 0.0114. The number of nitrogens with two attached hydrogens (primary N) is 1. The molecule has 4 N–H and O–H groups in total. The molecule has 0 aliphatic rings. The third kappa shape index (κ3) is 5.19. The zero-order valence-electron chi connectivity index (χ0n) is 11.7. The van der Waals surface area contributed by atoms with Crippen LogP contribution in [0.15, 0.2) is 18.2 Å². The van der Waals surface area contributed by atoms with E-state index in [1.807, 2.05) is 13.0 Å². The highest BCUT2D eigenvalue weighted by molar-refractivity contribution is 6.31. The lowest BCUT2D eigenvalue weighted by molar-refractivity contribution is 0.0353. The van der Waals surface area contributed by atoms with Crippen LogP contribution in [-0.4, -0.2) is 34.5 Å². The molecule has 0 saturated carbocycles. The van der Waals surface area contributed by atoms with Crippen LogP contribution < -0.4 is 5.73 Å². The monoisotopic (exact) mass is 283 g/mol. The SMILES string of the molecule is CCN(Cc1ccc(C(=N)N)cc1Cl)CC(C)(C)O. The number of rotatable bonds is 6. The molecular weight excluding hydrogens is 262 g/mol. The average Bonchev–Trinajstić information content (AvgIpc) is 2.28. The maximum Gasteiger partial charge on any atom is 0.122 e. The highest BCUT2D eigenvalue weighted by Gasteiger charge is 2.18. The largest absolute Gasteiger partial charge is 0.389 e. The third-order valence-corrected chi connectivity index (χ3v) is 3.17. The second-order valence-corrected chi connectivity index (χ2v) is 5.74. The molecule has 1 aromatic rings. The quantitative estimate of drug-likeness (QED) is 0.554. The van der Waals surface area contributed by atoms with E-state index < -0.39 is 5.60 Å². The van der Waals surface area contributed by atoms with E-state index in [9.17, 15) is 5.11 Å². The zero-order valence-corrected chi connectivity index (χ0v) is 12.5. The van der Waals surface area contributed by atoms with Gasteiger partial charge in [-0.3, -0.25) is 10.3 Å². The summed E-state index contributed by atoms with van der Waals surface area (Å²) in [6, 6.07) is 5.38. The van der Waals surface area contributed by atoms with Gasteiger partial charge in [-0.25, -0.2) is 0 Å². The van der Waals surface area contributed by atoms with Crippen molar-refractivity contribution in [2.45, 2.75) is 32.9 Å². The molecular formula is C14H22ClN3O. The van der Waals surface area contributed by atoms with Crippen molar-refractivity contribution in [2.24, 2.45) is 5.73 Å². The number of benzene rings is 1. The summed E-state index contributed by atoms with van der Waals surface area (Å²) in [4.78, 5) is 2.12. The molecule has 0 heterocycles. The summed E-state index contributed by atoms with van der Waals surface area (Å²) in [6.07, 6.45) is 0. The van der Waals surface area contributed by atoms with Crippen LogP contribution in [0, 0.1) is 5.41 Å². The van der Waals surface area contributed by atoms with Crippen LogP contribution in [-0.2, 0) is 6.54 Å². The molecule has 0 aliphatic heterocycles. The molecule has 5 heteroatoms. The van der Waals surface area contributed by atoms with Gasteiger partial charge < -0.3 is 10.8 Å². The van der Waals surface area contributed by atoms with E-state index in [0.717, 1.165) is 12.1 Å². The molecule has 1 rings (SSSR count). The first-order chi connectivity index (χ1) is 8.73. The lowest BCUT2D eigenvalue weighted by atomic mass is 10.1. The Hall–Kier alpha value is -1.10. The van der Waals surface area contributed by atoms with Gasteiger partial charge in [-0.1, -0.05) is 30.7 Å². The van der Waals surface area contributed by atoms with E-state index in [4.69, 9.17) is 22.7 Å². The number of amidine groups is 1. The molecule has 0 fully saturated rings. The number of hydrogen-bond acceptors (Lipinski definition) is 3. The first kappa shape index (κ1) is 16.0. The van der Waals surface area contributed by atoms with E-state index in [1.54, 1.807) is 26.0 Å². The van der Waals surface area contributed by atoms with Crippen molar-refractivity contribution in [2.75, 3.05) is 13.1 Å². The van der Waals surface area contributed by atoms with Crippen molar-refractivity contribution in [1.82, 2.24) is 4.90 Å². The molecule has 0 radical (unpaired) electrons. The molecule has 106 valence electrons. The lowest BCUT2D eigenvalue weighted by Crippen LogP contribution is -2.38. The number of nitrogen functional groups attached to an aromatic ring is 1. The average molecular weight is 284 g/mol. The van der Waals surface area contributed by atoms with Crippen LogP contribution in [0.3, 0.4) is 0 Å². The summed E-state index contributed by atoms with van der Waals surface area (Å²) >= 11 is 6.20. The van der Waals surface area contributed by atoms with Crippen molar-refractivity contribution in [1.29, 1.82) is 5.41 Å². The van der Waals surface area contributed by atoms with E-state index >= 15 is 0 Å². The van der Waals surface area contributed by atoms with E-state index in [2.05, 4.69) is 4.90 Å². The zero-order chi connectivity index (χ0) is 14.6. The normalized spacial score (nSPS) is 11.9.